The lowest BCUT2D eigenvalue weighted by Crippen LogP contribution is -2.07. The largest absolute Gasteiger partial charge is 0.272 e. The summed E-state index contributed by atoms with van der Waals surface area (Å²) in [4.78, 5) is 0. The maximum Gasteiger partial charge on any atom is 0.272 e. The van der Waals surface area contributed by atoms with Crippen LogP contribution in [0.5, 0.6) is 0 Å². The number of thioether (sulfide) groups is 1. The number of hydrogen-bond acceptors (Lipinski definition) is 4. The molecule has 19 heavy (non-hydrogen) atoms. The molecular weight excluding hydrogens is 277 g/mol. The molecule has 1 heterocycles. The van der Waals surface area contributed by atoms with Gasteiger partial charge in [0.15, 0.2) is 6.17 Å². The second kappa shape index (κ2) is 6.37. The highest BCUT2D eigenvalue weighted by Crippen LogP contribution is 2.20. The summed E-state index contributed by atoms with van der Waals surface area (Å²) in [6.07, 6.45) is -4.53. The van der Waals surface area contributed by atoms with E-state index in [4.69, 9.17) is 0 Å². The summed E-state index contributed by atoms with van der Waals surface area (Å²) in [7, 11) is 0. The summed E-state index contributed by atoms with van der Waals surface area (Å²) in [6, 6.07) is 9.06. The second-order valence-electron chi connectivity index (χ2n) is 3.43. The third-order valence-corrected chi connectivity index (χ3v) is 2.88. The van der Waals surface area contributed by atoms with E-state index in [-0.39, 0.29) is 0 Å². The van der Waals surface area contributed by atoms with Gasteiger partial charge in [-0.05, 0) is 34.0 Å². The summed E-state index contributed by atoms with van der Waals surface area (Å²) < 4.78 is 38.0. The van der Waals surface area contributed by atoms with E-state index in [2.05, 4.69) is 15.5 Å². The lowest BCUT2D eigenvalue weighted by molar-refractivity contribution is 0.0751. The van der Waals surface area contributed by atoms with Crippen LogP contribution in [0.2, 0.25) is 0 Å². The lowest BCUT2D eigenvalue weighted by Gasteiger charge is -2.02. The first-order valence-corrected chi connectivity index (χ1v) is 6.16. The SMILES string of the molecule is FC(F)C(F)/C=C/Sc1nnnn1-c1ccccc1. The van der Waals surface area contributed by atoms with Crippen LogP contribution in [0.3, 0.4) is 0 Å². The number of aromatic nitrogens is 4. The molecule has 1 unspecified atom stereocenters. The molecule has 0 amide bonds. The topological polar surface area (TPSA) is 43.6 Å². The Balaban J connectivity index is 2.09. The molecule has 0 N–H and O–H groups in total. The van der Waals surface area contributed by atoms with Crippen molar-refractivity contribution < 1.29 is 13.2 Å². The number of benzene rings is 1. The van der Waals surface area contributed by atoms with E-state index in [0.29, 0.717) is 5.16 Å². The van der Waals surface area contributed by atoms with Gasteiger partial charge in [0.25, 0.3) is 6.43 Å². The summed E-state index contributed by atoms with van der Waals surface area (Å²) in [5.74, 6) is 0. The zero-order chi connectivity index (χ0) is 13.7. The van der Waals surface area contributed by atoms with Gasteiger partial charge in [-0.2, -0.15) is 4.68 Å². The molecule has 0 aliphatic carbocycles. The van der Waals surface area contributed by atoms with Crippen molar-refractivity contribution in [2.75, 3.05) is 0 Å². The molecule has 0 fully saturated rings. The Kier molecular flexibility index (Phi) is 4.56. The standard InChI is InChI=1S/C11H9F3N4S/c12-9(10(13)14)6-7-19-11-15-16-17-18(11)8-4-2-1-3-5-8/h1-7,9-10H/b7-6+. The van der Waals surface area contributed by atoms with Crippen LogP contribution in [0.4, 0.5) is 13.2 Å². The molecule has 0 saturated heterocycles. The predicted octanol–water partition coefficient (Wildman–Crippen LogP) is 2.87. The zero-order valence-corrected chi connectivity index (χ0v) is 10.3. The smallest absolute Gasteiger partial charge is 0.237 e. The summed E-state index contributed by atoms with van der Waals surface area (Å²) >= 11 is 0.967. The van der Waals surface area contributed by atoms with Crippen LogP contribution in [0.15, 0.2) is 47.0 Å². The van der Waals surface area contributed by atoms with Gasteiger partial charge in [-0.15, -0.1) is 5.10 Å². The van der Waals surface area contributed by atoms with Gasteiger partial charge in [0.1, 0.15) is 0 Å². The first-order chi connectivity index (χ1) is 9.18. The van der Waals surface area contributed by atoms with Crippen molar-refractivity contribution >= 4 is 11.8 Å². The minimum absolute atomic E-state index is 0.365. The van der Waals surface area contributed by atoms with E-state index in [0.717, 1.165) is 23.5 Å². The van der Waals surface area contributed by atoms with Crippen molar-refractivity contribution in [3.05, 3.63) is 41.8 Å². The van der Waals surface area contributed by atoms with Gasteiger partial charge in [0.05, 0.1) is 5.69 Å². The van der Waals surface area contributed by atoms with Crippen LogP contribution in [-0.2, 0) is 0 Å². The molecular formula is C11H9F3N4S. The zero-order valence-electron chi connectivity index (χ0n) is 9.53. The number of halogens is 3. The number of alkyl halides is 3. The van der Waals surface area contributed by atoms with Crippen LogP contribution in [0.25, 0.3) is 5.69 Å². The van der Waals surface area contributed by atoms with E-state index < -0.39 is 12.6 Å². The summed E-state index contributed by atoms with van der Waals surface area (Å²) in [5.41, 5.74) is 0.731. The van der Waals surface area contributed by atoms with Crippen LogP contribution in [-0.4, -0.2) is 32.8 Å². The molecule has 1 aromatic carbocycles. The van der Waals surface area contributed by atoms with Crippen molar-refractivity contribution in [1.82, 2.24) is 20.2 Å². The van der Waals surface area contributed by atoms with E-state index >= 15 is 0 Å². The molecule has 2 aromatic rings. The average Bonchev–Trinajstić information content (AvgIpc) is 2.88. The molecule has 100 valence electrons. The van der Waals surface area contributed by atoms with Gasteiger partial charge in [0, 0.05) is 0 Å². The molecule has 0 aliphatic heterocycles. The monoisotopic (exact) mass is 286 g/mol. The number of nitrogens with zero attached hydrogens (tertiary/aromatic N) is 4. The average molecular weight is 286 g/mol. The van der Waals surface area contributed by atoms with Crippen molar-refractivity contribution in [3.8, 4) is 5.69 Å². The fourth-order valence-electron chi connectivity index (χ4n) is 1.24. The van der Waals surface area contributed by atoms with Crippen molar-refractivity contribution in [1.29, 1.82) is 0 Å². The fourth-order valence-corrected chi connectivity index (χ4v) is 1.92. The number of rotatable bonds is 5. The van der Waals surface area contributed by atoms with Crippen molar-refractivity contribution in [3.63, 3.8) is 0 Å². The molecule has 4 nitrogen and oxygen atoms in total. The molecule has 1 atom stereocenters. The number of allylic oxidation sites excluding steroid dienone is 1. The highest BCUT2D eigenvalue weighted by atomic mass is 32.2. The second-order valence-corrected chi connectivity index (χ2v) is 4.31. The summed E-state index contributed by atoms with van der Waals surface area (Å²) in [5, 5.41) is 12.6. The number of para-hydroxylation sites is 1. The minimum atomic E-state index is -3.03. The molecule has 0 saturated carbocycles. The Hall–Kier alpha value is -1.83. The van der Waals surface area contributed by atoms with E-state index in [1.807, 2.05) is 18.2 Å². The Labute approximate surface area is 111 Å². The third kappa shape index (κ3) is 3.57. The van der Waals surface area contributed by atoms with Gasteiger partial charge in [-0.1, -0.05) is 30.0 Å². The van der Waals surface area contributed by atoms with Crippen LogP contribution in [0, 0.1) is 0 Å². The first-order valence-electron chi connectivity index (χ1n) is 5.28. The maximum absolute atomic E-state index is 12.7. The van der Waals surface area contributed by atoms with E-state index in [1.165, 1.54) is 10.1 Å². The van der Waals surface area contributed by atoms with Gasteiger partial charge in [-0.25, -0.2) is 13.2 Å². The quantitative estimate of drug-likeness (QED) is 0.793. The van der Waals surface area contributed by atoms with Crippen molar-refractivity contribution in [2.45, 2.75) is 17.8 Å². The highest BCUT2D eigenvalue weighted by molar-refractivity contribution is 8.02. The molecule has 0 radical (unpaired) electrons. The molecule has 0 aliphatic rings. The lowest BCUT2D eigenvalue weighted by atomic mass is 10.3. The van der Waals surface area contributed by atoms with E-state index in [9.17, 15) is 13.2 Å². The highest BCUT2D eigenvalue weighted by Gasteiger charge is 2.15. The van der Waals surface area contributed by atoms with Gasteiger partial charge < -0.3 is 0 Å². The Morgan fingerprint density at radius 3 is 2.58 bits per heavy atom. The number of tetrazole rings is 1. The van der Waals surface area contributed by atoms with Gasteiger partial charge >= 0.3 is 0 Å². The molecule has 1 aromatic heterocycles. The fraction of sp³-hybridized carbons (Fsp3) is 0.182. The van der Waals surface area contributed by atoms with Crippen molar-refractivity contribution in [2.24, 2.45) is 0 Å². The Bertz CT molecular complexity index is 544. The van der Waals surface area contributed by atoms with Crippen LogP contribution < -0.4 is 0 Å². The predicted molar refractivity (Wildman–Crippen MR) is 65.1 cm³/mol. The molecule has 0 spiro atoms. The molecule has 2 rings (SSSR count). The maximum atomic E-state index is 12.7. The van der Waals surface area contributed by atoms with Crippen LogP contribution >= 0.6 is 11.8 Å². The molecule has 8 heteroatoms. The molecule has 0 bridgehead atoms. The third-order valence-electron chi connectivity index (χ3n) is 2.12. The minimum Gasteiger partial charge on any atom is -0.237 e. The van der Waals surface area contributed by atoms with Crippen LogP contribution in [0.1, 0.15) is 0 Å². The van der Waals surface area contributed by atoms with E-state index in [1.54, 1.807) is 12.1 Å². The first kappa shape index (κ1) is 13.6. The number of hydrogen-bond donors (Lipinski definition) is 0. The summed E-state index contributed by atoms with van der Waals surface area (Å²) in [6.45, 7) is 0. The van der Waals surface area contributed by atoms with Gasteiger partial charge in [0.2, 0.25) is 5.16 Å². The normalized spacial score (nSPS) is 13.3. The Morgan fingerprint density at radius 2 is 1.89 bits per heavy atom. The van der Waals surface area contributed by atoms with Gasteiger partial charge in [-0.3, -0.25) is 0 Å². The Morgan fingerprint density at radius 1 is 1.16 bits per heavy atom.